The minimum Gasteiger partial charge on any atom is -0.0985 e. The first-order chi connectivity index (χ1) is 5.67. The maximum absolute atomic E-state index is 3.78. The lowest BCUT2D eigenvalue weighted by Crippen LogP contribution is -1.85. The second kappa shape index (κ2) is 5.59. The summed E-state index contributed by atoms with van der Waals surface area (Å²) in [7, 11) is 0. The van der Waals surface area contributed by atoms with Gasteiger partial charge in [0.25, 0.3) is 0 Å². The van der Waals surface area contributed by atoms with E-state index in [9.17, 15) is 0 Å². The van der Waals surface area contributed by atoms with Gasteiger partial charge in [0, 0.05) is 0 Å². The van der Waals surface area contributed by atoms with Gasteiger partial charge in [-0.25, -0.2) is 0 Å². The fourth-order valence-corrected chi connectivity index (χ4v) is 1.10. The molecule has 0 saturated carbocycles. The molecule has 0 N–H and O–H groups in total. The fraction of sp³-hybridized carbons (Fsp3) is 0.333. The van der Waals surface area contributed by atoms with Crippen molar-refractivity contribution in [1.29, 1.82) is 0 Å². The van der Waals surface area contributed by atoms with Crippen LogP contribution < -0.4 is 0 Å². The molecule has 12 heavy (non-hydrogen) atoms. The first kappa shape index (κ1) is 11.0. The van der Waals surface area contributed by atoms with E-state index in [1.807, 2.05) is 19.9 Å². The summed E-state index contributed by atoms with van der Waals surface area (Å²) >= 11 is 0. The molecule has 0 aliphatic carbocycles. The van der Waals surface area contributed by atoms with E-state index in [4.69, 9.17) is 0 Å². The predicted octanol–water partition coefficient (Wildman–Crippen LogP) is 4.03. The van der Waals surface area contributed by atoms with E-state index in [2.05, 4.69) is 38.7 Å². The molecule has 66 valence electrons. The van der Waals surface area contributed by atoms with Crippen LogP contribution in [0.15, 0.2) is 47.6 Å². The van der Waals surface area contributed by atoms with Crippen LogP contribution in [0.2, 0.25) is 0 Å². The standard InChI is InChI=1S/C12H18/c1-6-9-12(10(4)5)11(7-2)8-3/h6-9H,2H2,1,3-5H3/b9-6-,11-8-. The molecule has 0 saturated heterocycles. The number of hydrogen-bond acceptors (Lipinski definition) is 0. The van der Waals surface area contributed by atoms with Crippen molar-refractivity contribution in [3.05, 3.63) is 47.6 Å². The first-order valence-electron chi connectivity index (χ1n) is 4.26. The third-order valence-electron chi connectivity index (χ3n) is 1.71. The van der Waals surface area contributed by atoms with E-state index in [1.165, 1.54) is 16.7 Å². The minimum atomic E-state index is 1.20. The number of hydrogen-bond donors (Lipinski definition) is 0. The highest BCUT2D eigenvalue weighted by Crippen LogP contribution is 2.16. The Bertz CT molecular complexity index is 233. The van der Waals surface area contributed by atoms with Gasteiger partial charge in [0.15, 0.2) is 0 Å². The van der Waals surface area contributed by atoms with Gasteiger partial charge in [0.2, 0.25) is 0 Å². The lowest BCUT2D eigenvalue weighted by atomic mass is 10.0. The smallest absolute Gasteiger partial charge is 0.0204 e. The van der Waals surface area contributed by atoms with E-state index in [1.54, 1.807) is 0 Å². The van der Waals surface area contributed by atoms with Crippen LogP contribution in [0, 0.1) is 0 Å². The molecule has 0 aliphatic rings. The van der Waals surface area contributed by atoms with Crippen LogP contribution in [0.4, 0.5) is 0 Å². The molecule has 0 aromatic rings. The molecule has 0 fully saturated rings. The Kier molecular flexibility index (Phi) is 5.11. The Morgan fingerprint density at radius 1 is 1.17 bits per heavy atom. The normalized spacial score (nSPS) is 11.8. The third kappa shape index (κ3) is 2.91. The van der Waals surface area contributed by atoms with E-state index in [0.717, 1.165) is 0 Å². The SMILES string of the molecule is C=C/C(=C/C)C(/C=C\C)=C(C)C. The van der Waals surface area contributed by atoms with Crippen molar-refractivity contribution in [1.82, 2.24) is 0 Å². The van der Waals surface area contributed by atoms with Gasteiger partial charge in [0.1, 0.15) is 0 Å². The summed E-state index contributed by atoms with van der Waals surface area (Å²) in [4.78, 5) is 0. The van der Waals surface area contributed by atoms with Crippen molar-refractivity contribution >= 4 is 0 Å². The number of allylic oxidation sites excluding steroid dienone is 7. The van der Waals surface area contributed by atoms with Crippen molar-refractivity contribution in [2.24, 2.45) is 0 Å². The van der Waals surface area contributed by atoms with Gasteiger partial charge in [-0.2, -0.15) is 0 Å². The monoisotopic (exact) mass is 162 g/mol. The first-order valence-corrected chi connectivity index (χ1v) is 4.26. The maximum Gasteiger partial charge on any atom is -0.0204 e. The van der Waals surface area contributed by atoms with Gasteiger partial charge < -0.3 is 0 Å². The zero-order chi connectivity index (χ0) is 9.56. The van der Waals surface area contributed by atoms with Gasteiger partial charge >= 0.3 is 0 Å². The molecule has 0 spiro atoms. The van der Waals surface area contributed by atoms with E-state index >= 15 is 0 Å². The summed E-state index contributed by atoms with van der Waals surface area (Å²) in [5.41, 5.74) is 3.80. The molecule has 0 radical (unpaired) electrons. The van der Waals surface area contributed by atoms with Crippen LogP contribution in [0.3, 0.4) is 0 Å². The second-order valence-corrected chi connectivity index (χ2v) is 2.86. The van der Waals surface area contributed by atoms with E-state index < -0.39 is 0 Å². The summed E-state index contributed by atoms with van der Waals surface area (Å²) < 4.78 is 0. The third-order valence-corrected chi connectivity index (χ3v) is 1.71. The molecule has 0 heterocycles. The Labute approximate surface area is 76.0 Å². The Morgan fingerprint density at radius 3 is 2.00 bits per heavy atom. The Balaban J connectivity index is 5.01. The van der Waals surface area contributed by atoms with Crippen molar-refractivity contribution in [3.63, 3.8) is 0 Å². The highest BCUT2D eigenvalue weighted by atomic mass is 14.0. The van der Waals surface area contributed by atoms with Gasteiger partial charge in [-0.3, -0.25) is 0 Å². The van der Waals surface area contributed by atoms with Crippen LogP contribution in [0.1, 0.15) is 27.7 Å². The molecule has 0 atom stereocenters. The molecule has 0 rings (SSSR count). The summed E-state index contributed by atoms with van der Waals surface area (Å²) in [6, 6.07) is 0. The summed E-state index contributed by atoms with van der Waals surface area (Å²) in [6.07, 6.45) is 8.14. The highest BCUT2D eigenvalue weighted by molar-refractivity contribution is 5.47. The van der Waals surface area contributed by atoms with E-state index in [-0.39, 0.29) is 0 Å². The summed E-state index contributed by atoms with van der Waals surface area (Å²) in [5, 5.41) is 0. The van der Waals surface area contributed by atoms with Crippen LogP contribution in [-0.2, 0) is 0 Å². The highest BCUT2D eigenvalue weighted by Gasteiger charge is 1.97. The molecular formula is C12H18. The van der Waals surface area contributed by atoms with Crippen LogP contribution >= 0.6 is 0 Å². The molecule has 0 unspecified atom stereocenters. The zero-order valence-corrected chi connectivity index (χ0v) is 8.52. The Morgan fingerprint density at radius 2 is 1.75 bits per heavy atom. The quantitative estimate of drug-likeness (QED) is 0.549. The van der Waals surface area contributed by atoms with Crippen molar-refractivity contribution < 1.29 is 0 Å². The lowest BCUT2D eigenvalue weighted by Gasteiger charge is -2.04. The van der Waals surface area contributed by atoms with Crippen molar-refractivity contribution in [3.8, 4) is 0 Å². The molecule has 0 aliphatic heterocycles. The predicted molar refractivity (Wildman–Crippen MR) is 57.1 cm³/mol. The van der Waals surface area contributed by atoms with Crippen LogP contribution in [0.5, 0.6) is 0 Å². The summed E-state index contributed by atoms with van der Waals surface area (Å²) in [6.45, 7) is 12.1. The van der Waals surface area contributed by atoms with Crippen molar-refractivity contribution in [2.45, 2.75) is 27.7 Å². The molecule has 0 bridgehead atoms. The fourth-order valence-electron chi connectivity index (χ4n) is 1.10. The molecule has 0 aromatic heterocycles. The second-order valence-electron chi connectivity index (χ2n) is 2.86. The van der Waals surface area contributed by atoms with Crippen molar-refractivity contribution in [2.75, 3.05) is 0 Å². The van der Waals surface area contributed by atoms with Crippen LogP contribution in [0.25, 0.3) is 0 Å². The molecule has 0 heteroatoms. The van der Waals surface area contributed by atoms with E-state index in [0.29, 0.717) is 0 Å². The topological polar surface area (TPSA) is 0 Å². The molecule has 0 amide bonds. The number of rotatable bonds is 3. The zero-order valence-electron chi connectivity index (χ0n) is 8.52. The molecular weight excluding hydrogens is 144 g/mol. The summed E-state index contributed by atoms with van der Waals surface area (Å²) in [5.74, 6) is 0. The van der Waals surface area contributed by atoms with Gasteiger partial charge in [-0.05, 0) is 38.8 Å². The van der Waals surface area contributed by atoms with Gasteiger partial charge in [0.05, 0.1) is 0 Å². The minimum absolute atomic E-state index is 1.20. The lowest BCUT2D eigenvalue weighted by molar-refractivity contribution is 1.30. The average molecular weight is 162 g/mol. The van der Waals surface area contributed by atoms with Gasteiger partial charge in [-0.15, -0.1) is 0 Å². The van der Waals surface area contributed by atoms with Gasteiger partial charge in [-0.1, -0.05) is 36.5 Å². The maximum atomic E-state index is 3.78. The van der Waals surface area contributed by atoms with Crippen LogP contribution in [-0.4, -0.2) is 0 Å². The largest absolute Gasteiger partial charge is 0.0985 e. The Hall–Kier alpha value is -1.04. The molecule has 0 nitrogen and oxygen atoms in total. The average Bonchev–Trinajstić information content (AvgIpc) is 2.05. The molecule has 0 aromatic carbocycles.